The van der Waals surface area contributed by atoms with Crippen molar-refractivity contribution in [3.8, 4) is 0 Å². The van der Waals surface area contributed by atoms with Crippen molar-refractivity contribution in [3.63, 3.8) is 0 Å². The molecule has 2 atom stereocenters. The number of ether oxygens (including phenoxy) is 2. The fourth-order valence-corrected chi connectivity index (χ4v) is 3.29. The van der Waals surface area contributed by atoms with E-state index in [9.17, 15) is 9.90 Å². The first-order valence-electron chi connectivity index (χ1n) is 9.01. The van der Waals surface area contributed by atoms with Crippen LogP contribution in [0.3, 0.4) is 0 Å². The number of allylic oxidation sites excluding steroid dienone is 3. The maximum Gasteiger partial charge on any atom is 0.333 e. The summed E-state index contributed by atoms with van der Waals surface area (Å²) in [7, 11) is 1.41. The van der Waals surface area contributed by atoms with Crippen molar-refractivity contribution < 1.29 is 19.4 Å². The summed E-state index contributed by atoms with van der Waals surface area (Å²) >= 11 is 0. The molecule has 1 aliphatic heterocycles. The third-order valence-electron chi connectivity index (χ3n) is 5.00. The summed E-state index contributed by atoms with van der Waals surface area (Å²) in [6.07, 6.45) is 9.22. The molecule has 0 amide bonds. The number of aliphatic hydroxyl groups is 1. The van der Waals surface area contributed by atoms with Crippen LogP contribution in [0.1, 0.15) is 52.9 Å². The topological polar surface area (TPSA) is 55.8 Å². The van der Waals surface area contributed by atoms with Gasteiger partial charge in [-0.1, -0.05) is 23.8 Å². The van der Waals surface area contributed by atoms with Gasteiger partial charge in [0, 0.05) is 12.0 Å². The van der Waals surface area contributed by atoms with Crippen LogP contribution >= 0.6 is 0 Å². The van der Waals surface area contributed by atoms with Gasteiger partial charge >= 0.3 is 5.97 Å². The van der Waals surface area contributed by atoms with E-state index in [1.54, 1.807) is 0 Å². The van der Waals surface area contributed by atoms with Crippen LogP contribution in [0.15, 0.2) is 46.1 Å². The molecule has 0 saturated carbocycles. The van der Waals surface area contributed by atoms with Crippen LogP contribution in [-0.2, 0) is 14.3 Å². The molecule has 0 spiro atoms. The van der Waals surface area contributed by atoms with Crippen molar-refractivity contribution in [1.82, 2.24) is 0 Å². The molecule has 0 aromatic rings. The zero-order chi connectivity index (χ0) is 18.4. The summed E-state index contributed by atoms with van der Waals surface area (Å²) in [5.41, 5.74) is 5.30. The van der Waals surface area contributed by atoms with Crippen LogP contribution in [0.2, 0.25) is 0 Å². The molecule has 1 aliphatic carbocycles. The SMILES string of the molecule is COC(=O)/C1=C\CC/C(C)=C/[C@@H]2OCC(C)=C2C[C@H](O)/C(C)=C/CC1. The maximum absolute atomic E-state index is 11.9. The number of carbonyl (C=O) groups excluding carboxylic acids is 1. The van der Waals surface area contributed by atoms with Gasteiger partial charge in [-0.05, 0) is 63.2 Å². The Morgan fingerprint density at radius 2 is 1.92 bits per heavy atom. The molecule has 0 unspecified atom stereocenters. The van der Waals surface area contributed by atoms with Crippen LogP contribution in [0.25, 0.3) is 0 Å². The van der Waals surface area contributed by atoms with E-state index in [4.69, 9.17) is 9.47 Å². The molecule has 1 heterocycles. The third kappa shape index (κ3) is 5.41. The molecule has 138 valence electrons. The molecule has 2 rings (SSSR count). The maximum atomic E-state index is 11.9. The van der Waals surface area contributed by atoms with Crippen LogP contribution in [0, 0.1) is 0 Å². The molecular weight excluding hydrogens is 316 g/mol. The Morgan fingerprint density at radius 3 is 2.64 bits per heavy atom. The number of carbonyl (C=O) groups is 1. The number of esters is 1. The number of fused-ring (bicyclic) bond motifs is 1. The van der Waals surface area contributed by atoms with Crippen LogP contribution in [0.5, 0.6) is 0 Å². The van der Waals surface area contributed by atoms with Gasteiger partial charge < -0.3 is 14.6 Å². The molecule has 0 aromatic carbocycles. The second-order valence-electron chi connectivity index (χ2n) is 7.02. The Labute approximate surface area is 150 Å². The first-order valence-corrected chi connectivity index (χ1v) is 9.01. The van der Waals surface area contributed by atoms with Gasteiger partial charge in [-0.3, -0.25) is 0 Å². The predicted molar refractivity (Wildman–Crippen MR) is 99.1 cm³/mol. The summed E-state index contributed by atoms with van der Waals surface area (Å²) in [4.78, 5) is 11.9. The summed E-state index contributed by atoms with van der Waals surface area (Å²) in [6.45, 7) is 6.75. The zero-order valence-electron chi connectivity index (χ0n) is 15.8. The van der Waals surface area contributed by atoms with Crippen LogP contribution < -0.4 is 0 Å². The Morgan fingerprint density at radius 1 is 1.20 bits per heavy atom. The van der Waals surface area contributed by atoms with Crippen molar-refractivity contribution in [2.45, 2.75) is 65.1 Å². The van der Waals surface area contributed by atoms with E-state index in [0.29, 0.717) is 25.0 Å². The number of aliphatic hydroxyl groups excluding tert-OH is 1. The standard InChI is InChI=1S/C21H30O4/c1-14-7-5-9-17(21(23)24-4)10-6-8-15(2)19(22)12-18-16(3)13-25-20(18)11-14/h8-9,11,19-20,22H,5-7,10,12-13H2,1-4H3/b14-11+,15-8+,17-9-/t19-,20-/m0/s1. The molecule has 4 nitrogen and oxygen atoms in total. The summed E-state index contributed by atoms with van der Waals surface area (Å²) in [5.74, 6) is -0.264. The van der Waals surface area contributed by atoms with E-state index in [2.05, 4.69) is 19.9 Å². The lowest BCUT2D eigenvalue weighted by atomic mass is 9.93. The minimum Gasteiger partial charge on any atom is -0.466 e. The highest BCUT2D eigenvalue weighted by molar-refractivity contribution is 5.88. The summed E-state index contributed by atoms with van der Waals surface area (Å²) in [5, 5.41) is 10.6. The summed E-state index contributed by atoms with van der Waals surface area (Å²) < 4.78 is 10.8. The monoisotopic (exact) mass is 346 g/mol. The Kier molecular flexibility index (Phi) is 7.21. The molecule has 25 heavy (non-hydrogen) atoms. The fraction of sp³-hybridized carbons (Fsp3) is 0.571. The number of methoxy groups -OCH3 is 1. The van der Waals surface area contributed by atoms with Gasteiger partial charge in [0.25, 0.3) is 0 Å². The van der Waals surface area contributed by atoms with Crippen molar-refractivity contribution in [3.05, 3.63) is 46.1 Å². The van der Waals surface area contributed by atoms with Gasteiger partial charge in [-0.25, -0.2) is 4.79 Å². The molecule has 2 aliphatic rings. The minimum atomic E-state index is -0.517. The molecular formula is C21H30O4. The van der Waals surface area contributed by atoms with Gasteiger partial charge in [0.05, 0.1) is 25.9 Å². The zero-order valence-corrected chi connectivity index (χ0v) is 15.8. The highest BCUT2D eigenvalue weighted by Gasteiger charge is 2.25. The predicted octanol–water partition coefficient (Wildman–Crippen LogP) is 4.02. The van der Waals surface area contributed by atoms with Crippen LogP contribution in [-0.4, -0.2) is 37.0 Å². The lowest BCUT2D eigenvalue weighted by molar-refractivity contribution is -0.136. The molecule has 0 aromatic heterocycles. The first kappa shape index (κ1) is 19.7. The van der Waals surface area contributed by atoms with Gasteiger partial charge in [0.15, 0.2) is 0 Å². The number of rotatable bonds is 1. The van der Waals surface area contributed by atoms with Crippen molar-refractivity contribution in [2.24, 2.45) is 0 Å². The molecule has 0 radical (unpaired) electrons. The van der Waals surface area contributed by atoms with E-state index in [1.165, 1.54) is 23.8 Å². The van der Waals surface area contributed by atoms with E-state index < -0.39 is 6.10 Å². The van der Waals surface area contributed by atoms with Gasteiger partial charge in [0.2, 0.25) is 0 Å². The molecule has 0 bridgehead atoms. The molecule has 4 heteroatoms. The smallest absolute Gasteiger partial charge is 0.333 e. The van der Waals surface area contributed by atoms with Gasteiger partial charge in [-0.15, -0.1) is 0 Å². The van der Waals surface area contributed by atoms with Crippen molar-refractivity contribution >= 4 is 5.97 Å². The fourth-order valence-electron chi connectivity index (χ4n) is 3.29. The lowest BCUT2D eigenvalue weighted by Gasteiger charge is -2.18. The number of hydrogen-bond acceptors (Lipinski definition) is 4. The second kappa shape index (κ2) is 9.16. The molecule has 0 fully saturated rings. The minimum absolute atomic E-state index is 0.0468. The Bertz CT molecular complexity index is 622. The number of hydrogen-bond donors (Lipinski definition) is 1. The van der Waals surface area contributed by atoms with Crippen molar-refractivity contribution in [1.29, 1.82) is 0 Å². The highest BCUT2D eigenvalue weighted by Crippen LogP contribution is 2.29. The van der Waals surface area contributed by atoms with E-state index in [1.807, 2.05) is 19.1 Å². The normalized spacial score (nSPS) is 32.4. The molecule has 1 N–H and O–H groups in total. The first-order chi connectivity index (χ1) is 11.9. The highest BCUT2D eigenvalue weighted by atomic mass is 16.5. The molecule has 0 saturated heterocycles. The van der Waals surface area contributed by atoms with Gasteiger partial charge in [0.1, 0.15) is 0 Å². The average molecular weight is 346 g/mol. The van der Waals surface area contributed by atoms with Gasteiger partial charge in [-0.2, -0.15) is 0 Å². The van der Waals surface area contributed by atoms with E-state index >= 15 is 0 Å². The third-order valence-corrected chi connectivity index (χ3v) is 5.00. The quantitative estimate of drug-likeness (QED) is 0.575. The van der Waals surface area contributed by atoms with E-state index in [0.717, 1.165) is 24.8 Å². The average Bonchev–Trinajstić information content (AvgIpc) is 2.92. The second-order valence-corrected chi connectivity index (χ2v) is 7.02. The largest absolute Gasteiger partial charge is 0.466 e. The lowest BCUT2D eigenvalue weighted by Crippen LogP contribution is -2.16. The summed E-state index contributed by atoms with van der Waals surface area (Å²) in [6, 6.07) is 0. The van der Waals surface area contributed by atoms with E-state index in [-0.39, 0.29) is 12.1 Å². The Hall–Kier alpha value is -1.65. The van der Waals surface area contributed by atoms with Crippen molar-refractivity contribution in [2.75, 3.05) is 13.7 Å². The van der Waals surface area contributed by atoms with Crippen LogP contribution in [0.4, 0.5) is 0 Å². The Balaban J connectivity index is 2.28.